The van der Waals surface area contributed by atoms with E-state index in [1.54, 1.807) is 54.3 Å². The molecular formula is C25H22ClN5O3. The summed E-state index contributed by atoms with van der Waals surface area (Å²) in [5.41, 5.74) is 2.26. The Hall–Kier alpha value is -3.91. The first-order valence-electron chi connectivity index (χ1n) is 10.9. The van der Waals surface area contributed by atoms with E-state index in [1.165, 1.54) is 4.90 Å². The monoisotopic (exact) mass is 475 g/mol. The van der Waals surface area contributed by atoms with E-state index in [-0.39, 0.29) is 11.3 Å². The second-order valence-corrected chi connectivity index (χ2v) is 8.61. The zero-order valence-electron chi connectivity index (χ0n) is 18.4. The fourth-order valence-electron chi connectivity index (χ4n) is 4.50. The number of rotatable bonds is 6. The molecule has 1 aromatic carbocycles. The standard InChI is InChI=1S/C25H22ClN5O3/c1-16-21(30-11-3-2-8-19(30)28-16)23(32)20-22(17-6-4-7-18(26)14-17)31(25(34)24(20)33)12-5-10-29-13-9-27-15-29/h2-4,6-9,11,13-15,22,32H,5,10,12H2,1H3/t22-/m0/s1. The van der Waals surface area contributed by atoms with Gasteiger partial charge in [-0.2, -0.15) is 0 Å². The molecule has 0 radical (unpaired) electrons. The van der Waals surface area contributed by atoms with Gasteiger partial charge in [-0.15, -0.1) is 0 Å². The lowest BCUT2D eigenvalue weighted by molar-refractivity contribution is -0.139. The van der Waals surface area contributed by atoms with Crippen LogP contribution in [0.2, 0.25) is 5.02 Å². The first kappa shape index (κ1) is 21.9. The average Bonchev–Trinajstić information content (AvgIpc) is 3.51. The van der Waals surface area contributed by atoms with Gasteiger partial charge in [-0.1, -0.05) is 29.8 Å². The van der Waals surface area contributed by atoms with Crippen molar-refractivity contribution in [2.24, 2.45) is 0 Å². The lowest BCUT2D eigenvalue weighted by atomic mass is 9.96. The van der Waals surface area contributed by atoms with Crippen LogP contribution in [0.5, 0.6) is 0 Å². The molecule has 172 valence electrons. The number of pyridine rings is 1. The maximum atomic E-state index is 13.3. The van der Waals surface area contributed by atoms with Crippen LogP contribution in [0.4, 0.5) is 0 Å². The zero-order chi connectivity index (χ0) is 23.8. The summed E-state index contributed by atoms with van der Waals surface area (Å²) in [6.45, 7) is 2.72. The number of carbonyl (C=O) groups is 2. The van der Waals surface area contributed by atoms with Crippen LogP contribution in [-0.2, 0) is 16.1 Å². The number of nitrogens with zero attached hydrogens (tertiary/aromatic N) is 5. The Morgan fingerprint density at radius 3 is 2.74 bits per heavy atom. The predicted molar refractivity (Wildman–Crippen MR) is 127 cm³/mol. The van der Waals surface area contributed by atoms with Crippen LogP contribution < -0.4 is 0 Å². The number of aryl methyl sites for hydroxylation is 2. The van der Waals surface area contributed by atoms with Gasteiger partial charge in [-0.05, 0) is 43.2 Å². The minimum Gasteiger partial charge on any atom is -0.505 e. The van der Waals surface area contributed by atoms with E-state index in [0.29, 0.717) is 47.1 Å². The van der Waals surface area contributed by atoms with Crippen molar-refractivity contribution >= 4 is 34.7 Å². The number of aliphatic hydroxyl groups is 1. The molecule has 3 aromatic heterocycles. The van der Waals surface area contributed by atoms with Crippen molar-refractivity contribution in [3.63, 3.8) is 0 Å². The van der Waals surface area contributed by atoms with Gasteiger partial charge in [0.2, 0.25) is 0 Å². The van der Waals surface area contributed by atoms with Crippen molar-refractivity contribution in [3.8, 4) is 0 Å². The normalized spacial score (nSPS) is 17.7. The minimum atomic E-state index is -0.768. The summed E-state index contributed by atoms with van der Waals surface area (Å²) in [5, 5.41) is 11.9. The first-order chi connectivity index (χ1) is 16.5. The number of Topliss-reactive ketones (excluding diaryl/α,β-unsaturated/α-hetero) is 1. The second kappa shape index (κ2) is 8.79. The van der Waals surface area contributed by atoms with Gasteiger partial charge in [0.05, 0.1) is 23.6 Å². The SMILES string of the molecule is Cc1nc2ccccn2c1C(O)=C1C(=O)C(=O)N(CCCn2ccnc2)[C@H]1c1cccc(Cl)c1. The second-order valence-electron chi connectivity index (χ2n) is 8.18. The number of carbonyl (C=O) groups excluding carboxylic acids is 2. The molecule has 34 heavy (non-hydrogen) atoms. The number of hydrogen-bond donors (Lipinski definition) is 1. The lowest BCUT2D eigenvalue weighted by Crippen LogP contribution is -2.31. The maximum Gasteiger partial charge on any atom is 0.295 e. The molecule has 0 saturated carbocycles. The number of hydrogen-bond acceptors (Lipinski definition) is 5. The number of ketones is 1. The lowest BCUT2D eigenvalue weighted by Gasteiger charge is -2.25. The maximum absolute atomic E-state index is 13.3. The van der Waals surface area contributed by atoms with Crippen molar-refractivity contribution in [2.75, 3.05) is 6.54 Å². The zero-order valence-corrected chi connectivity index (χ0v) is 19.2. The first-order valence-corrected chi connectivity index (χ1v) is 11.3. The van der Waals surface area contributed by atoms with E-state index in [2.05, 4.69) is 9.97 Å². The molecule has 1 aliphatic rings. The average molecular weight is 476 g/mol. The van der Waals surface area contributed by atoms with Crippen molar-refractivity contribution < 1.29 is 14.7 Å². The molecule has 4 heterocycles. The fraction of sp³-hybridized carbons (Fsp3) is 0.200. The van der Waals surface area contributed by atoms with Crippen LogP contribution in [0.15, 0.2) is 73.0 Å². The Labute approximate surface area is 200 Å². The van der Waals surface area contributed by atoms with Crippen LogP contribution in [0.1, 0.15) is 29.4 Å². The summed E-state index contributed by atoms with van der Waals surface area (Å²) in [6, 6.07) is 11.7. The van der Waals surface area contributed by atoms with Gasteiger partial charge >= 0.3 is 0 Å². The predicted octanol–water partition coefficient (Wildman–Crippen LogP) is 4.00. The number of aliphatic hydroxyl groups excluding tert-OH is 1. The molecule has 1 aliphatic heterocycles. The van der Waals surface area contributed by atoms with Crippen molar-refractivity contribution in [3.05, 3.63) is 94.9 Å². The van der Waals surface area contributed by atoms with E-state index in [1.807, 2.05) is 29.0 Å². The molecule has 0 unspecified atom stereocenters. The number of imidazole rings is 2. The quantitative estimate of drug-likeness (QED) is 0.258. The highest BCUT2D eigenvalue weighted by molar-refractivity contribution is 6.46. The van der Waals surface area contributed by atoms with Gasteiger partial charge in [0, 0.05) is 36.7 Å². The molecular weight excluding hydrogens is 454 g/mol. The molecule has 1 saturated heterocycles. The molecule has 1 atom stereocenters. The van der Waals surface area contributed by atoms with Gasteiger partial charge in [0.15, 0.2) is 5.76 Å². The number of halogens is 1. The highest BCUT2D eigenvalue weighted by Gasteiger charge is 2.46. The summed E-state index contributed by atoms with van der Waals surface area (Å²) >= 11 is 6.25. The van der Waals surface area contributed by atoms with Crippen LogP contribution in [-0.4, -0.2) is 47.2 Å². The van der Waals surface area contributed by atoms with E-state index in [9.17, 15) is 14.7 Å². The van der Waals surface area contributed by atoms with E-state index < -0.39 is 17.7 Å². The van der Waals surface area contributed by atoms with E-state index in [0.717, 1.165) is 0 Å². The third-order valence-electron chi connectivity index (χ3n) is 6.01. The Morgan fingerprint density at radius 2 is 1.97 bits per heavy atom. The molecule has 0 spiro atoms. The van der Waals surface area contributed by atoms with Crippen LogP contribution in [0.25, 0.3) is 11.4 Å². The van der Waals surface area contributed by atoms with E-state index >= 15 is 0 Å². The summed E-state index contributed by atoms with van der Waals surface area (Å²) in [4.78, 5) is 36.5. The van der Waals surface area contributed by atoms with E-state index in [4.69, 9.17) is 11.6 Å². The third-order valence-corrected chi connectivity index (χ3v) is 6.24. The number of fused-ring (bicyclic) bond motifs is 1. The molecule has 1 N–H and O–H groups in total. The summed E-state index contributed by atoms with van der Waals surface area (Å²) in [7, 11) is 0. The molecule has 9 heteroatoms. The van der Waals surface area contributed by atoms with Gasteiger partial charge < -0.3 is 14.6 Å². The van der Waals surface area contributed by atoms with Crippen molar-refractivity contribution in [2.45, 2.75) is 25.9 Å². The number of amides is 1. The molecule has 4 aromatic rings. The number of likely N-dealkylation sites (tertiary alicyclic amines) is 1. The molecule has 5 rings (SSSR count). The Kier molecular flexibility index (Phi) is 5.67. The molecule has 0 bridgehead atoms. The van der Waals surface area contributed by atoms with Crippen molar-refractivity contribution in [1.29, 1.82) is 0 Å². The summed E-state index contributed by atoms with van der Waals surface area (Å²) in [6.07, 6.45) is 7.61. The molecule has 8 nitrogen and oxygen atoms in total. The van der Waals surface area contributed by atoms with Crippen LogP contribution in [0, 0.1) is 6.92 Å². The number of benzene rings is 1. The Morgan fingerprint density at radius 1 is 1.12 bits per heavy atom. The summed E-state index contributed by atoms with van der Waals surface area (Å²) < 4.78 is 3.62. The highest BCUT2D eigenvalue weighted by Crippen LogP contribution is 2.40. The Bertz CT molecular complexity index is 1420. The Balaban J connectivity index is 1.61. The smallest absolute Gasteiger partial charge is 0.295 e. The van der Waals surface area contributed by atoms with Crippen LogP contribution >= 0.6 is 11.6 Å². The number of aromatic nitrogens is 4. The van der Waals surface area contributed by atoms with Gasteiger partial charge in [-0.25, -0.2) is 9.97 Å². The fourth-order valence-corrected chi connectivity index (χ4v) is 4.70. The summed E-state index contributed by atoms with van der Waals surface area (Å²) in [5.74, 6) is -1.63. The minimum absolute atomic E-state index is 0.0312. The third kappa shape index (κ3) is 3.76. The highest BCUT2D eigenvalue weighted by atomic mass is 35.5. The molecule has 0 aliphatic carbocycles. The topological polar surface area (TPSA) is 92.7 Å². The van der Waals surface area contributed by atoms with Gasteiger partial charge in [0.25, 0.3) is 11.7 Å². The largest absolute Gasteiger partial charge is 0.505 e. The van der Waals surface area contributed by atoms with Gasteiger partial charge in [0.1, 0.15) is 11.3 Å². The van der Waals surface area contributed by atoms with Crippen LogP contribution in [0.3, 0.4) is 0 Å². The molecule has 1 fully saturated rings. The molecule has 1 amide bonds. The van der Waals surface area contributed by atoms with Gasteiger partial charge in [-0.3, -0.25) is 14.0 Å². The van der Waals surface area contributed by atoms with Crippen molar-refractivity contribution in [1.82, 2.24) is 23.8 Å².